The average Bonchev–Trinajstić information content (AvgIpc) is 3.28. The van der Waals surface area contributed by atoms with Crippen LogP contribution in [-0.2, 0) is 29.1 Å². The van der Waals surface area contributed by atoms with Gasteiger partial charge in [0.15, 0.2) is 6.61 Å². The Morgan fingerprint density at radius 1 is 1.16 bits per heavy atom. The number of amides is 2. The quantitative estimate of drug-likeness (QED) is 0.667. The molecule has 174 valence electrons. The van der Waals surface area contributed by atoms with E-state index in [1.807, 2.05) is 6.07 Å². The van der Waals surface area contributed by atoms with E-state index in [1.165, 1.54) is 9.21 Å². The molecule has 0 radical (unpaired) electrons. The number of carbonyl (C=O) groups excluding carboxylic acids is 3. The number of nitrogens with one attached hydrogen (secondary N) is 1. The number of carbonyl (C=O) groups is 3. The first-order valence-corrected chi connectivity index (χ1v) is 12.8. The van der Waals surface area contributed by atoms with Crippen molar-refractivity contribution in [3.63, 3.8) is 0 Å². The molecule has 1 aromatic carbocycles. The van der Waals surface area contributed by atoms with Gasteiger partial charge in [-0.25, -0.2) is 12.7 Å². The summed E-state index contributed by atoms with van der Waals surface area (Å²) in [4.78, 5) is 40.3. The van der Waals surface area contributed by atoms with E-state index in [4.69, 9.17) is 4.74 Å². The molecule has 32 heavy (non-hydrogen) atoms. The number of benzene rings is 1. The van der Waals surface area contributed by atoms with E-state index in [9.17, 15) is 22.8 Å². The van der Waals surface area contributed by atoms with Crippen molar-refractivity contribution in [2.45, 2.75) is 51.0 Å². The number of hydrogen-bond acceptors (Lipinski definition) is 6. The number of fused-ring (bicyclic) bond motifs is 1. The highest BCUT2D eigenvalue weighted by molar-refractivity contribution is 7.89. The Bertz CT molecular complexity index is 1010. The molecular formula is C22H29N3O6S. The Morgan fingerprint density at radius 3 is 2.47 bits per heavy atom. The van der Waals surface area contributed by atoms with Gasteiger partial charge >= 0.3 is 5.97 Å². The highest BCUT2D eigenvalue weighted by Crippen LogP contribution is 2.45. The topological polar surface area (TPSA) is 113 Å². The Labute approximate surface area is 188 Å². The number of nitrogens with zero attached hydrogens (tertiary/aromatic N) is 2. The lowest BCUT2D eigenvalue weighted by Crippen LogP contribution is -2.61. The molecule has 10 heteroatoms. The molecule has 1 saturated heterocycles. The minimum Gasteiger partial charge on any atom is -0.455 e. The van der Waals surface area contributed by atoms with Gasteiger partial charge in [0, 0.05) is 13.1 Å². The van der Waals surface area contributed by atoms with Crippen molar-refractivity contribution < 1.29 is 27.5 Å². The Balaban J connectivity index is 1.43. The molecule has 2 heterocycles. The number of sulfonamides is 1. The third kappa shape index (κ3) is 4.01. The second-order valence-electron chi connectivity index (χ2n) is 8.62. The highest BCUT2D eigenvalue weighted by Gasteiger charge is 2.52. The van der Waals surface area contributed by atoms with Gasteiger partial charge in [0.25, 0.3) is 11.8 Å². The Morgan fingerprint density at radius 2 is 1.81 bits per heavy atom. The van der Waals surface area contributed by atoms with E-state index in [1.54, 1.807) is 25.1 Å². The third-order valence-corrected chi connectivity index (χ3v) is 8.69. The number of esters is 1. The molecule has 0 aromatic heterocycles. The van der Waals surface area contributed by atoms with Crippen molar-refractivity contribution in [2.24, 2.45) is 5.92 Å². The van der Waals surface area contributed by atoms with Gasteiger partial charge in [0.05, 0.1) is 23.0 Å². The zero-order valence-electron chi connectivity index (χ0n) is 18.2. The van der Waals surface area contributed by atoms with E-state index in [0.29, 0.717) is 37.1 Å². The highest BCUT2D eigenvalue weighted by atomic mass is 32.2. The number of piperidine rings is 1. The van der Waals surface area contributed by atoms with Gasteiger partial charge in [-0.1, -0.05) is 25.0 Å². The molecule has 1 N–H and O–H groups in total. The monoisotopic (exact) mass is 463 g/mol. The molecule has 4 rings (SSSR count). The summed E-state index contributed by atoms with van der Waals surface area (Å²) in [6.45, 7) is 1.69. The molecular weight excluding hydrogens is 434 g/mol. The maximum Gasteiger partial charge on any atom is 0.309 e. The first kappa shape index (κ1) is 22.7. The van der Waals surface area contributed by atoms with Crippen LogP contribution < -0.4 is 10.2 Å². The second-order valence-corrected chi connectivity index (χ2v) is 10.9. The average molecular weight is 464 g/mol. The summed E-state index contributed by atoms with van der Waals surface area (Å²) in [5, 5.41) is 2.92. The van der Waals surface area contributed by atoms with Crippen LogP contribution in [0.3, 0.4) is 0 Å². The number of hydrogen-bond donors (Lipinski definition) is 1. The predicted octanol–water partition coefficient (Wildman–Crippen LogP) is 1.89. The fraction of sp³-hybridized carbons (Fsp3) is 0.591. The lowest BCUT2D eigenvalue weighted by atomic mass is 9.90. The van der Waals surface area contributed by atoms with Crippen molar-refractivity contribution in [3.05, 3.63) is 24.3 Å². The maximum atomic E-state index is 13.3. The van der Waals surface area contributed by atoms with Gasteiger partial charge in [-0.3, -0.25) is 19.3 Å². The molecule has 1 spiro atoms. The van der Waals surface area contributed by atoms with Crippen molar-refractivity contribution in [3.8, 4) is 0 Å². The molecule has 2 aliphatic heterocycles. The largest absolute Gasteiger partial charge is 0.455 e. The molecule has 1 aliphatic carbocycles. The van der Waals surface area contributed by atoms with E-state index < -0.39 is 40.0 Å². The Kier molecular flexibility index (Phi) is 6.26. The van der Waals surface area contributed by atoms with Crippen LogP contribution in [0.25, 0.3) is 0 Å². The fourth-order valence-corrected chi connectivity index (χ4v) is 6.13. The van der Waals surface area contributed by atoms with Gasteiger partial charge in [0.1, 0.15) is 5.54 Å². The zero-order chi connectivity index (χ0) is 22.9. The molecule has 1 saturated carbocycles. The number of anilines is 2. The van der Waals surface area contributed by atoms with Crippen LogP contribution in [0.2, 0.25) is 0 Å². The first-order valence-electron chi connectivity index (χ1n) is 11.2. The van der Waals surface area contributed by atoms with Gasteiger partial charge in [0.2, 0.25) is 10.0 Å². The third-order valence-electron chi connectivity index (χ3n) is 6.81. The fourth-order valence-electron chi connectivity index (χ4n) is 5.00. The summed E-state index contributed by atoms with van der Waals surface area (Å²) in [7, 11) is -3.27. The van der Waals surface area contributed by atoms with E-state index >= 15 is 0 Å². The summed E-state index contributed by atoms with van der Waals surface area (Å²) in [6.07, 6.45) is 3.56. The summed E-state index contributed by atoms with van der Waals surface area (Å²) in [5.41, 5.74) is 0.241. The van der Waals surface area contributed by atoms with Crippen LogP contribution in [0.4, 0.5) is 11.4 Å². The van der Waals surface area contributed by atoms with Crippen LogP contribution in [-0.4, -0.2) is 61.5 Å². The second kappa shape index (κ2) is 8.82. The van der Waals surface area contributed by atoms with Gasteiger partial charge < -0.3 is 10.1 Å². The van der Waals surface area contributed by atoms with Crippen molar-refractivity contribution in [1.82, 2.24) is 4.31 Å². The molecule has 0 unspecified atom stereocenters. The lowest BCUT2D eigenvalue weighted by molar-refractivity contribution is -0.153. The Hall–Kier alpha value is -2.46. The first-order chi connectivity index (χ1) is 15.3. The predicted molar refractivity (Wildman–Crippen MR) is 118 cm³/mol. The number of ether oxygens (including phenoxy) is 1. The minimum atomic E-state index is -3.27. The molecule has 1 aromatic rings. The summed E-state index contributed by atoms with van der Waals surface area (Å²) >= 11 is 0. The maximum absolute atomic E-state index is 13.3. The van der Waals surface area contributed by atoms with Gasteiger partial charge in [-0.15, -0.1) is 0 Å². The SMILES string of the molecule is CCS(=O)(=O)N1CCC(C(=O)OCC(=O)N2c3ccccc3NC(=O)C23CCCC3)CC1. The van der Waals surface area contributed by atoms with E-state index in [0.717, 1.165) is 12.8 Å². The number of rotatable bonds is 5. The standard InChI is InChI=1S/C22H29N3O6S/c1-2-32(29,30)24-13-9-16(10-14-24)20(27)31-15-19(26)25-18-8-4-3-7-17(18)23-21(28)22(25)11-5-6-12-22/h3-4,7-8,16H,2,5-6,9-15H2,1H3,(H,23,28). The van der Waals surface area contributed by atoms with Crippen molar-refractivity contribution >= 4 is 39.2 Å². The van der Waals surface area contributed by atoms with Crippen LogP contribution in [0, 0.1) is 5.92 Å². The van der Waals surface area contributed by atoms with Crippen LogP contribution >= 0.6 is 0 Å². The molecule has 0 atom stereocenters. The van der Waals surface area contributed by atoms with Gasteiger partial charge in [-0.2, -0.15) is 0 Å². The summed E-state index contributed by atoms with van der Waals surface area (Å²) in [5.74, 6) is -1.53. The lowest BCUT2D eigenvalue weighted by Gasteiger charge is -2.44. The van der Waals surface area contributed by atoms with Crippen molar-refractivity contribution in [2.75, 3.05) is 35.7 Å². The molecule has 2 amide bonds. The smallest absolute Gasteiger partial charge is 0.309 e. The summed E-state index contributed by atoms with van der Waals surface area (Å²) in [6, 6.07) is 7.14. The number of para-hydroxylation sites is 2. The van der Waals surface area contributed by atoms with Crippen LogP contribution in [0.1, 0.15) is 45.4 Å². The van der Waals surface area contributed by atoms with E-state index in [2.05, 4.69) is 5.32 Å². The summed E-state index contributed by atoms with van der Waals surface area (Å²) < 4.78 is 30.8. The zero-order valence-corrected chi connectivity index (χ0v) is 19.0. The van der Waals surface area contributed by atoms with E-state index in [-0.39, 0.29) is 24.7 Å². The minimum absolute atomic E-state index is 0.0310. The van der Waals surface area contributed by atoms with Crippen LogP contribution in [0.5, 0.6) is 0 Å². The van der Waals surface area contributed by atoms with Crippen LogP contribution in [0.15, 0.2) is 24.3 Å². The molecule has 2 fully saturated rings. The molecule has 0 bridgehead atoms. The molecule has 9 nitrogen and oxygen atoms in total. The van der Waals surface area contributed by atoms with Crippen molar-refractivity contribution in [1.29, 1.82) is 0 Å². The molecule has 3 aliphatic rings. The normalized spacial score (nSPS) is 21.3. The van der Waals surface area contributed by atoms with Gasteiger partial charge in [-0.05, 0) is 44.7 Å².